The molecule has 1 heterocycles. The molecule has 5 nitrogen and oxygen atoms in total. The fraction of sp³-hybridized carbons (Fsp3) is 0.778. The van der Waals surface area contributed by atoms with E-state index in [1.54, 1.807) is 7.11 Å². The Labute approximate surface area is 93.7 Å². The molecule has 86 valence electrons. The second-order valence-electron chi connectivity index (χ2n) is 2.97. The van der Waals surface area contributed by atoms with Crippen molar-refractivity contribution < 1.29 is 14.0 Å². The van der Waals surface area contributed by atoms with Gasteiger partial charge in [0.25, 0.3) is 5.89 Å². The fourth-order valence-electron chi connectivity index (χ4n) is 0.938. The molecule has 0 saturated heterocycles. The third-order valence-electron chi connectivity index (χ3n) is 1.78. The number of methoxy groups -OCH3 is 1. The summed E-state index contributed by atoms with van der Waals surface area (Å²) in [4.78, 5) is 4.10. The molecule has 0 radical (unpaired) electrons. The van der Waals surface area contributed by atoms with Gasteiger partial charge in [-0.2, -0.15) is 4.98 Å². The van der Waals surface area contributed by atoms with Crippen LogP contribution in [0.3, 0.4) is 0 Å². The number of aromatic nitrogens is 2. The van der Waals surface area contributed by atoms with Crippen molar-refractivity contribution in [3.8, 4) is 0 Å². The van der Waals surface area contributed by atoms with Crippen LogP contribution in [-0.2, 0) is 16.1 Å². The first-order valence-electron chi connectivity index (χ1n) is 4.81. The van der Waals surface area contributed by atoms with Gasteiger partial charge < -0.3 is 14.0 Å². The monoisotopic (exact) mass is 234 g/mol. The Morgan fingerprint density at radius 2 is 2.27 bits per heavy atom. The first kappa shape index (κ1) is 12.4. The normalized spacial score (nSPS) is 13.0. The molecule has 0 aliphatic rings. The molecule has 0 saturated carbocycles. The maximum atomic E-state index is 5.94. The quantitative estimate of drug-likeness (QED) is 0.533. The van der Waals surface area contributed by atoms with Crippen LogP contribution in [0.1, 0.15) is 30.4 Å². The van der Waals surface area contributed by atoms with Gasteiger partial charge in [0.2, 0.25) is 0 Å². The average Bonchev–Trinajstić information content (AvgIpc) is 2.72. The van der Waals surface area contributed by atoms with Crippen molar-refractivity contribution in [2.45, 2.75) is 25.3 Å². The predicted molar refractivity (Wildman–Crippen MR) is 54.7 cm³/mol. The first-order valence-corrected chi connectivity index (χ1v) is 5.24. The van der Waals surface area contributed by atoms with Crippen LogP contribution in [0.4, 0.5) is 0 Å². The Balaban J connectivity index is 2.33. The van der Waals surface area contributed by atoms with E-state index in [1.165, 1.54) is 0 Å². The summed E-state index contributed by atoms with van der Waals surface area (Å²) >= 11 is 5.94. The molecule has 0 amide bonds. The van der Waals surface area contributed by atoms with Crippen LogP contribution in [0, 0.1) is 0 Å². The summed E-state index contributed by atoms with van der Waals surface area (Å²) in [6.45, 7) is 3.31. The molecule has 0 bridgehead atoms. The van der Waals surface area contributed by atoms with Gasteiger partial charge in [0.1, 0.15) is 6.61 Å². The molecule has 1 atom stereocenters. The second kappa shape index (κ2) is 6.76. The summed E-state index contributed by atoms with van der Waals surface area (Å²) in [6, 6.07) is 0. The van der Waals surface area contributed by atoms with Crippen molar-refractivity contribution in [1.82, 2.24) is 10.1 Å². The summed E-state index contributed by atoms with van der Waals surface area (Å²) in [5, 5.41) is 3.56. The SMILES string of the molecule is CCC(Cl)c1noc(COCCOC)n1. The molecular weight excluding hydrogens is 220 g/mol. The maximum Gasteiger partial charge on any atom is 0.252 e. The molecule has 1 aromatic heterocycles. The summed E-state index contributed by atoms with van der Waals surface area (Å²) < 4.78 is 15.0. The van der Waals surface area contributed by atoms with Crippen molar-refractivity contribution in [3.63, 3.8) is 0 Å². The lowest BCUT2D eigenvalue weighted by Crippen LogP contribution is -2.02. The molecule has 0 aromatic carbocycles. The third-order valence-corrected chi connectivity index (χ3v) is 2.28. The third kappa shape index (κ3) is 4.15. The van der Waals surface area contributed by atoms with Crippen LogP contribution in [-0.4, -0.2) is 30.5 Å². The highest BCUT2D eigenvalue weighted by Crippen LogP contribution is 2.20. The van der Waals surface area contributed by atoms with Crippen molar-refractivity contribution in [2.24, 2.45) is 0 Å². The highest BCUT2D eigenvalue weighted by Gasteiger charge is 2.13. The van der Waals surface area contributed by atoms with Crippen LogP contribution >= 0.6 is 11.6 Å². The largest absolute Gasteiger partial charge is 0.382 e. The Morgan fingerprint density at radius 3 is 2.93 bits per heavy atom. The smallest absolute Gasteiger partial charge is 0.252 e. The summed E-state index contributed by atoms with van der Waals surface area (Å²) in [5.74, 6) is 0.963. The molecule has 0 N–H and O–H groups in total. The summed E-state index contributed by atoms with van der Waals surface area (Å²) in [6.07, 6.45) is 0.769. The van der Waals surface area contributed by atoms with Crippen LogP contribution in [0.5, 0.6) is 0 Å². The van der Waals surface area contributed by atoms with Gasteiger partial charge in [-0.15, -0.1) is 11.6 Å². The van der Waals surface area contributed by atoms with Crippen LogP contribution < -0.4 is 0 Å². The van der Waals surface area contributed by atoms with Gasteiger partial charge in [0.05, 0.1) is 18.6 Å². The van der Waals surface area contributed by atoms with Crippen molar-refractivity contribution in [1.29, 1.82) is 0 Å². The Bertz CT molecular complexity index is 280. The van der Waals surface area contributed by atoms with E-state index in [1.807, 2.05) is 6.92 Å². The predicted octanol–water partition coefficient (Wildman–Crippen LogP) is 1.92. The topological polar surface area (TPSA) is 57.4 Å². The lowest BCUT2D eigenvalue weighted by atomic mass is 10.3. The number of nitrogens with zero attached hydrogens (tertiary/aromatic N) is 2. The Kier molecular flexibility index (Phi) is 5.60. The molecule has 1 rings (SSSR count). The zero-order valence-electron chi connectivity index (χ0n) is 8.90. The molecule has 0 spiro atoms. The fourth-order valence-corrected chi connectivity index (χ4v) is 1.03. The Morgan fingerprint density at radius 1 is 1.47 bits per heavy atom. The lowest BCUT2D eigenvalue weighted by Gasteiger charge is -1.98. The van der Waals surface area contributed by atoms with Crippen LogP contribution in [0.15, 0.2) is 4.52 Å². The zero-order valence-corrected chi connectivity index (χ0v) is 9.66. The van der Waals surface area contributed by atoms with E-state index in [0.717, 1.165) is 6.42 Å². The van der Waals surface area contributed by atoms with Crippen LogP contribution in [0.2, 0.25) is 0 Å². The summed E-state index contributed by atoms with van der Waals surface area (Å²) in [5.41, 5.74) is 0. The number of rotatable bonds is 7. The minimum absolute atomic E-state index is 0.193. The highest BCUT2D eigenvalue weighted by molar-refractivity contribution is 6.20. The van der Waals surface area contributed by atoms with Gasteiger partial charge >= 0.3 is 0 Å². The van der Waals surface area contributed by atoms with Gasteiger partial charge in [-0.1, -0.05) is 12.1 Å². The molecule has 0 fully saturated rings. The van der Waals surface area contributed by atoms with Gasteiger partial charge in [-0.3, -0.25) is 0 Å². The summed E-state index contributed by atoms with van der Waals surface area (Å²) in [7, 11) is 1.62. The second-order valence-corrected chi connectivity index (χ2v) is 3.49. The average molecular weight is 235 g/mol. The van der Waals surface area contributed by atoms with Crippen molar-refractivity contribution >= 4 is 11.6 Å². The molecule has 0 aliphatic carbocycles. The van der Waals surface area contributed by atoms with E-state index in [9.17, 15) is 0 Å². The van der Waals surface area contributed by atoms with E-state index in [-0.39, 0.29) is 5.38 Å². The zero-order chi connectivity index (χ0) is 11.1. The molecule has 1 aromatic rings. The number of halogens is 1. The van der Waals surface area contributed by atoms with Crippen LogP contribution in [0.25, 0.3) is 0 Å². The molecular formula is C9H15ClN2O3. The molecule has 1 unspecified atom stereocenters. The minimum atomic E-state index is -0.193. The number of hydrogen-bond acceptors (Lipinski definition) is 5. The minimum Gasteiger partial charge on any atom is -0.382 e. The Hall–Kier alpha value is -0.650. The number of hydrogen-bond donors (Lipinski definition) is 0. The van der Waals surface area contributed by atoms with E-state index in [0.29, 0.717) is 31.5 Å². The van der Waals surface area contributed by atoms with E-state index in [2.05, 4.69) is 10.1 Å². The van der Waals surface area contributed by atoms with E-state index in [4.69, 9.17) is 25.6 Å². The number of ether oxygens (including phenoxy) is 2. The van der Waals surface area contributed by atoms with Gasteiger partial charge in [-0.05, 0) is 6.42 Å². The van der Waals surface area contributed by atoms with E-state index < -0.39 is 0 Å². The van der Waals surface area contributed by atoms with Gasteiger partial charge in [-0.25, -0.2) is 0 Å². The standard InChI is InChI=1S/C9H15ClN2O3/c1-3-7(10)9-11-8(15-12-9)6-14-5-4-13-2/h7H,3-6H2,1-2H3. The molecule has 15 heavy (non-hydrogen) atoms. The van der Waals surface area contributed by atoms with E-state index >= 15 is 0 Å². The van der Waals surface area contributed by atoms with Gasteiger partial charge in [0, 0.05) is 7.11 Å². The first-order chi connectivity index (χ1) is 7.27. The highest BCUT2D eigenvalue weighted by atomic mass is 35.5. The lowest BCUT2D eigenvalue weighted by molar-refractivity contribution is 0.0494. The van der Waals surface area contributed by atoms with Crippen molar-refractivity contribution in [2.75, 3.05) is 20.3 Å². The number of alkyl halides is 1. The van der Waals surface area contributed by atoms with Crippen molar-refractivity contribution in [3.05, 3.63) is 11.7 Å². The maximum absolute atomic E-state index is 5.94. The molecule has 0 aliphatic heterocycles. The van der Waals surface area contributed by atoms with Gasteiger partial charge in [0.15, 0.2) is 5.82 Å². The molecule has 6 heteroatoms.